The van der Waals surface area contributed by atoms with Crippen LogP contribution in [0.25, 0.3) is 0 Å². The first kappa shape index (κ1) is 23.0. The fourth-order valence-electron chi connectivity index (χ4n) is 4.83. The molecule has 1 aliphatic heterocycles. The van der Waals surface area contributed by atoms with Crippen LogP contribution in [-0.4, -0.2) is 50.1 Å². The zero-order valence-electron chi connectivity index (χ0n) is 19.6. The van der Waals surface area contributed by atoms with Gasteiger partial charge in [-0.25, -0.2) is 0 Å². The molecule has 1 heterocycles. The number of carbonyl (C=O) groups is 2. The second-order valence-electron chi connectivity index (χ2n) is 9.22. The van der Waals surface area contributed by atoms with Gasteiger partial charge >= 0.3 is 0 Å². The van der Waals surface area contributed by atoms with E-state index in [0.717, 1.165) is 57.5 Å². The first-order valence-electron chi connectivity index (χ1n) is 12.0. The maximum atomic E-state index is 12.7. The summed E-state index contributed by atoms with van der Waals surface area (Å²) in [6, 6.07) is 13.5. The molecule has 1 atom stereocenters. The van der Waals surface area contributed by atoms with Gasteiger partial charge in [0.15, 0.2) is 0 Å². The molecule has 2 fully saturated rings. The van der Waals surface area contributed by atoms with E-state index in [1.165, 1.54) is 11.3 Å². The van der Waals surface area contributed by atoms with Gasteiger partial charge in [-0.2, -0.15) is 0 Å². The number of nitrogens with one attached hydrogen (secondary N) is 2. The van der Waals surface area contributed by atoms with Crippen LogP contribution in [0.1, 0.15) is 48.5 Å². The Morgan fingerprint density at radius 2 is 1.61 bits per heavy atom. The number of piperazine rings is 1. The Hall–Kier alpha value is -3.22. The second-order valence-corrected chi connectivity index (χ2v) is 9.22. The monoisotopic (exact) mass is 449 g/mol. The quantitative estimate of drug-likeness (QED) is 0.590. The molecule has 4 N–H and O–H groups in total. The number of hydrogen-bond donors (Lipinski definition) is 3. The molecule has 2 aromatic carbocycles. The zero-order valence-corrected chi connectivity index (χ0v) is 19.6. The van der Waals surface area contributed by atoms with E-state index in [4.69, 9.17) is 5.73 Å². The molecule has 4 rings (SSSR count). The number of hydrogen-bond acceptors (Lipinski definition) is 5. The van der Waals surface area contributed by atoms with Crippen molar-refractivity contribution >= 4 is 28.9 Å². The number of nitrogen functional groups attached to an aromatic ring is 1. The molecule has 2 amide bonds. The van der Waals surface area contributed by atoms with E-state index in [0.29, 0.717) is 11.3 Å². The Kier molecular flexibility index (Phi) is 7.06. The van der Waals surface area contributed by atoms with Crippen LogP contribution in [0.15, 0.2) is 42.5 Å². The SMILES string of the molecule is Cc1ccccc1N1CCN(c2ccc(C(=O)NC(C)C(=O)NC3CCCC3)cc2N)CC1. The molecule has 2 aliphatic rings. The summed E-state index contributed by atoms with van der Waals surface area (Å²) in [6.45, 7) is 7.42. The van der Waals surface area contributed by atoms with Crippen molar-refractivity contribution in [1.29, 1.82) is 0 Å². The Bertz CT molecular complexity index is 994. The molecule has 1 unspecified atom stereocenters. The van der Waals surface area contributed by atoms with Crippen LogP contribution < -0.4 is 26.2 Å². The van der Waals surface area contributed by atoms with Gasteiger partial charge in [0.25, 0.3) is 5.91 Å². The van der Waals surface area contributed by atoms with E-state index in [2.05, 4.69) is 51.6 Å². The van der Waals surface area contributed by atoms with Crippen molar-refractivity contribution in [3.8, 4) is 0 Å². The number of anilines is 3. The third-order valence-corrected chi connectivity index (χ3v) is 6.81. The standard InChI is InChI=1S/C26H35N5O2/c1-18-7-3-6-10-23(18)30-13-15-31(16-14-30)24-12-11-20(17-22(24)27)26(33)28-19(2)25(32)29-21-8-4-5-9-21/h3,6-7,10-12,17,19,21H,4-5,8-9,13-16,27H2,1-2H3,(H,28,33)(H,29,32). The number of benzene rings is 2. The minimum atomic E-state index is -0.589. The molecule has 33 heavy (non-hydrogen) atoms. The van der Waals surface area contributed by atoms with Crippen LogP contribution in [0.3, 0.4) is 0 Å². The largest absolute Gasteiger partial charge is 0.397 e. The minimum Gasteiger partial charge on any atom is -0.397 e. The molecule has 2 aromatic rings. The van der Waals surface area contributed by atoms with Gasteiger partial charge in [0, 0.05) is 43.5 Å². The molecule has 0 bridgehead atoms. The van der Waals surface area contributed by atoms with Crippen molar-refractivity contribution < 1.29 is 9.59 Å². The van der Waals surface area contributed by atoms with Gasteiger partial charge in [-0.1, -0.05) is 31.0 Å². The highest BCUT2D eigenvalue weighted by atomic mass is 16.2. The Labute approximate surface area is 196 Å². The fraction of sp³-hybridized carbons (Fsp3) is 0.462. The van der Waals surface area contributed by atoms with Gasteiger partial charge in [0.1, 0.15) is 6.04 Å². The van der Waals surface area contributed by atoms with Crippen LogP contribution in [0.4, 0.5) is 17.1 Å². The van der Waals surface area contributed by atoms with E-state index >= 15 is 0 Å². The summed E-state index contributed by atoms with van der Waals surface area (Å²) >= 11 is 0. The molecular weight excluding hydrogens is 414 g/mol. The second kappa shape index (κ2) is 10.1. The Balaban J connectivity index is 1.33. The summed E-state index contributed by atoms with van der Waals surface area (Å²) in [7, 11) is 0. The van der Waals surface area contributed by atoms with Crippen LogP contribution in [0, 0.1) is 6.92 Å². The molecule has 1 saturated heterocycles. The summed E-state index contributed by atoms with van der Waals surface area (Å²) in [5, 5.41) is 5.83. The lowest BCUT2D eigenvalue weighted by atomic mass is 10.1. The van der Waals surface area contributed by atoms with Crippen molar-refractivity contribution in [1.82, 2.24) is 10.6 Å². The summed E-state index contributed by atoms with van der Waals surface area (Å²) in [4.78, 5) is 29.8. The maximum Gasteiger partial charge on any atom is 0.251 e. The lowest BCUT2D eigenvalue weighted by Crippen LogP contribution is -2.47. The molecule has 0 aromatic heterocycles. The number of nitrogens with zero attached hydrogens (tertiary/aromatic N) is 2. The van der Waals surface area contributed by atoms with Crippen LogP contribution >= 0.6 is 0 Å². The van der Waals surface area contributed by atoms with Crippen LogP contribution in [0.5, 0.6) is 0 Å². The van der Waals surface area contributed by atoms with Gasteiger partial charge in [0.05, 0.1) is 11.4 Å². The average Bonchev–Trinajstić information content (AvgIpc) is 3.32. The number of aryl methyl sites for hydroxylation is 1. The number of amides is 2. The molecular formula is C26H35N5O2. The van der Waals surface area contributed by atoms with E-state index in [1.807, 2.05) is 6.07 Å². The van der Waals surface area contributed by atoms with E-state index in [9.17, 15) is 9.59 Å². The third kappa shape index (κ3) is 5.41. The van der Waals surface area contributed by atoms with Crippen molar-refractivity contribution in [2.75, 3.05) is 41.7 Å². The predicted molar refractivity (Wildman–Crippen MR) is 134 cm³/mol. The molecule has 0 radical (unpaired) electrons. The predicted octanol–water partition coefficient (Wildman–Crippen LogP) is 3.08. The van der Waals surface area contributed by atoms with E-state index < -0.39 is 6.04 Å². The summed E-state index contributed by atoms with van der Waals surface area (Å²) < 4.78 is 0. The van der Waals surface area contributed by atoms with Crippen molar-refractivity contribution in [2.45, 2.75) is 51.6 Å². The number of para-hydroxylation sites is 1. The number of rotatable bonds is 6. The van der Waals surface area contributed by atoms with Crippen LogP contribution in [-0.2, 0) is 4.79 Å². The molecule has 0 spiro atoms. The smallest absolute Gasteiger partial charge is 0.251 e. The van der Waals surface area contributed by atoms with Gasteiger partial charge in [-0.3, -0.25) is 9.59 Å². The van der Waals surface area contributed by atoms with E-state index in [-0.39, 0.29) is 17.9 Å². The Morgan fingerprint density at radius 1 is 0.970 bits per heavy atom. The van der Waals surface area contributed by atoms with Crippen LogP contribution in [0.2, 0.25) is 0 Å². The van der Waals surface area contributed by atoms with Gasteiger partial charge in [-0.15, -0.1) is 0 Å². The molecule has 1 saturated carbocycles. The molecule has 7 heteroatoms. The molecule has 1 aliphatic carbocycles. The van der Waals surface area contributed by atoms with Gasteiger partial charge in [0.2, 0.25) is 5.91 Å². The average molecular weight is 450 g/mol. The normalized spacial score (nSPS) is 17.6. The van der Waals surface area contributed by atoms with E-state index in [1.54, 1.807) is 19.1 Å². The highest BCUT2D eigenvalue weighted by Gasteiger charge is 2.23. The first-order valence-corrected chi connectivity index (χ1v) is 12.0. The summed E-state index contributed by atoms with van der Waals surface area (Å²) in [5.74, 6) is -0.418. The lowest BCUT2D eigenvalue weighted by Gasteiger charge is -2.38. The third-order valence-electron chi connectivity index (χ3n) is 6.81. The minimum absolute atomic E-state index is 0.133. The Morgan fingerprint density at radius 3 is 2.24 bits per heavy atom. The summed E-state index contributed by atoms with van der Waals surface area (Å²) in [5.41, 5.74) is 10.9. The van der Waals surface area contributed by atoms with Gasteiger partial charge < -0.3 is 26.2 Å². The molecule has 176 valence electrons. The number of carbonyl (C=O) groups excluding carboxylic acids is 2. The molecule has 7 nitrogen and oxygen atoms in total. The van der Waals surface area contributed by atoms with Crippen molar-refractivity contribution in [3.63, 3.8) is 0 Å². The lowest BCUT2D eigenvalue weighted by molar-refractivity contribution is -0.123. The summed E-state index contributed by atoms with van der Waals surface area (Å²) in [6.07, 6.45) is 4.34. The maximum absolute atomic E-state index is 12.7. The highest BCUT2D eigenvalue weighted by molar-refractivity contribution is 5.99. The van der Waals surface area contributed by atoms with Gasteiger partial charge in [-0.05, 0) is 56.5 Å². The zero-order chi connectivity index (χ0) is 23.4. The number of nitrogens with two attached hydrogens (primary N) is 1. The topological polar surface area (TPSA) is 90.7 Å². The first-order chi connectivity index (χ1) is 15.9. The highest BCUT2D eigenvalue weighted by Crippen LogP contribution is 2.28. The fourth-order valence-corrected chi connectivity index (χ4v) is 4.83. The van der Waals surface area contributed by atoms with Crippen molar-refractivity contribution in [3.05, 3.63) is 53.6 Å². The van der Waals surface area contributed by atoms with Crippen molar-refractivity contribution in [2.24, 2.45) is 0 Å².